The summed E-state index contributed by atoms with van der Waals surface area (Å²) in [5.41, 5.74) is 2.42. The van der Waals surface area contributed by atoms with Crippen LogP contribution in [-0.4, -0.2) is 18.9 Å². The van der Waals surface area contributed by atoms with Crippen molar-refractivity contribution in [2.75, 3.05) is 6.54 Å². The molecule has 19 heavy (non-hydrogen) atoms. The summed E-state index contributed by atoms with van der Waals surface area (Å²) < 4.78 is 25.3. The van der Waals surface area contributed by atoms with Crippen LogP contribution in [0.3, 0.4) is 0 Å². The minimum absolute atomic E-state index is 0.0811. The largest absolute Gasteiger partial charge is 0.350 e. The molecular weight excluding hydrogens is 316 g/mol. The maximum Gasteiger partial charge on any atom is 0.255 e. The Bertz CT molecular complexity index is 534. The van der Waals surface area contributed by atoms with Gasteiger partial charge in [0.2, 0.25) is 5.91 Å². The molecule has 0 heterocycles. The van der Waals surface area contributed by atoms with Gasteiger partial charge >= 0.3 is 0 Å². The van der Waals surface area contributed by atoms with Crippen LogP contribution in [-0.2, 0) is 16.6 Å². The van der Waals surface area contributed by atoms with E-state index in [0.29, 0.717) is 0 Å². The van der Waals surface area contributed by atoms with Crippen LogP contribution in [0.15, 0.2) is 22.7 Å². The first-order chi connectivity index (χ1) is 9.03. The van der Waals surface area contributed by atoms with E-state index in [1.807, 2.05) is 6.07 Å². The lowest BCUT2D eigenvalue weighted by Crippen LogP contribution is -2.31. The molecule has 0 unspecified atom stereocenters. The Labute approximate surface area is 118 Å². The Kier molecular flexibility index (Phi) is 3.12. The summed E-state index contributed by atoms with van der Waals surface area (Å²) in [5.74, 6) is -0.357. The number of fused-ring (bicyclic) bond motifs is 2. The van der Waals surface area contributed by atoms with Crippen LogP contribution in [0.2, 0.25) is 0 Å². The van der Waals surface area contributed by atoms with Gasteiger partial charge in [0.15, 0.2) is 0 Å². The summed E-state index contributed by atoms with van der Waals surface area (Å²) in [7, 11) is 0. The fourth-order valence-corrected chi connectivity index (χ4v) is 3.68. The van der Waals surface area contributed by atoms with Crippen LogP contribution in [0, 0.1) is 5.92 Å². The quantitative estimate of drug-likeness (QED) is 0.907. The van der Waals surface area contributed by atoms with E-state index in [9.17, 15) is 13.6 Å². The van der Waals surface area contributed by atoms with Crippen LogP contribution >= 0.6 is 15.9 Å². The highest BCUT2D eigenvalue weighted by molar-refractivity contribution is 9.10. The second kappa shape index (κ2) is 4.54. The molecule has 2 aliphatic rings. The normalized spacial score (nSPS) is 27.7. The van der Waals surface area contributed by atoms with E-state index >= 15 is 0 Å². The molecule has 2 nitrogen and oxygen atoms in total. The second-order valence-corrected chi connectivity index (χ2v) is 6.27. The number of hydrogen-bond donors (Lipinski definition) is 1. The van der Waals surface area contributed by atoms with Gasteiger partial charge in [-0.2, -0.15) is 0 Å². The maximum absolute atomic E-state index is 12.1. The van der Waals surface area contributed by atoms with E-state index in [0.717, 1.165) is 23.7 Å². The standard InChI is InChI=1S/C14H14BrF2NO/c15-9-1-2-10-8(5-9)3-4-14(10)6-11(14)13(19)18-7-12(16)17/h1-2,5,11-12H,3-4,6-7H2,(H,18,19)/t11-,14-/m0/s1. The Morgan fingerprint density at radius 2 is 2.32 bits per heavy atom. The highest BCUT2D eigenvalue weighted by atomic mass is 79.9. The van der Waals surface area contributed by atoms with E-state index in [1.54, 1.807) is 0 Å². The molecule has 2 atom stereocenters. The number of benzene rings is 1. The Balaban J connectivity index is 1.74. The number of halogens is 3. The van der Waals surface area contributed by atoms with E-state index in [1.165, 1.54) is 11.1 Å². The van der Waals surface area contributed by atoms with Gasteiger partial charge < -0.3 is 5.32 Å². The zero-order valence-corrected chi connectivity index (χ0v) is 11.8. The molecule has 1 saturated carbocycles. The van der Waals surface area contributed by atoms with Crippen LogP contribution in [0.5, 0.6) is 0 Å². The fraction of sp³-hybridized carbons (Fsp3) is 0.500. The average molecular weight is 330 g/mol. The first kappa shape index (κ1) is 13.0. The molecule has 102 valence electrons. The topological polar surface area (TPSA) is 29.1 Å². The molecular formula is C14H14BrF2NO. The third-order valence-electron chi connectivity index (χ3n) is 4.27. The SMILES string of the molecule is O=C(NCC(F)F)[C@@H]1C[C@]12CCc1cc(Br)ccc12. The van der Waals surface area contributed by atoms with Gasteiger partial charge in [0.05, 0.1) is 6.54 Å². The van der Waals surface area contributed by atoms with E-state index in [-0.39, 0.29) is 17.2 Å². The molecule has 1 amide bonds. The Morgan fingerprint density at radius 1 is 1.53 bits per heavy atom. The summed E-state index contributed by atoms with van der Waals surface area (Å²) >= 11 is 3.45. The minimum atomic E-state index is -2.48. The van der Waals surface area contributed by atoms with Crippen LogP contribution in [0.25, 0.3) is 0 Å². The second-order valence-electron chi connectivity index (χ2n) is 5.35. The lowest BCUT2D eigenvalue weighted by molar-refractivity contribution is -0.123. The molecule has 0 saturated heterocycles. The minimum Gasteiger partial charge on any atom is -0.350 e. The molecule has 1 fully saturated rings. The zero-order valence-electron chi connectivity index (χ0n) is 10.3. The van der Waals surface area contributed by atoms with Crippen molar-refractivity contribution < 1.29 is 13.6 Å². The van der Waals surface area contributed by atoms with Gasteiger partial charge in [-0.3, -0.25) is 4.79 Å². The Hall–Kier alpha value is -0.970. The van der Waals surface area contributed by atoms with Crippen LogP contribution < -0.4 is 5.32 Å². The monoisotopic (exact) mass is 329 g/mol. The number of amides is 1. The van der Waals surface area contributed by atoms with Crippen molar-refractivity contribution in [3.63, 3.8) is 0 Å². The van der Waals surface area contributed by atoms with Gasteiger partial charge in [0, 0.05) is 15.8 Å². The molecule has 1 spiro atoms. The van der Waals surface area contributed by atoms with Gasteiger partial charge in [-0.25, -0.2) is 8.78 Å². The van der Waals surface area contributed by atoms with Crippen LogP contribution in [0.4, 0.5) is 8.78 Å². The number of carbonyl (C=O) groups excluding carboxylic acids is 1. The molecule has 3 rings (SSSR count). The number of aryl methyl sites for hydroxylation is 1. The fourth-order valence-electron chi connectivity index (χ4n) is 3.27. The maximum atomic E-state index is 12.1. The summed E-state index contributed by atoms with van der Waals surface area (Å²) in [6.45, 7) is -0.543. The van der Waals surface area contributed by atoms with Crippen molar-refractivity contribution in [1.82, 2.24) is 5.32 Å². The van der Waals surface area contributed by atoms with Crippen molar-refractivity contribution in [2.45, 2.75) is 31.1 Å². The molecule has 1 N–H and O–H groups in total. The summed E-state index contributed by atoms with van der Waals surface area (Å²) in [6.07, 6.45) is 0.223. The summed E-state index contributed by atoms with van der Waals surface area (Å²) in [5, 5.41) is 2.34. The number of rotatable bonds is 3. The van der Waals surface area contributed by atoms with Crippen molar-refractivity contribution >= 4 is 21.8 Å². The zero-order chi connectivity index (χ0) is 13.6. The predicted molar refractivity (Wildman–Crippen MR) is 71.3 cm³/mol. The van der Waals surface area contributed by atoms with Gasteiger partial charge in [-0.05, 0) is 42.5 Å². The number of nitrogens with one attached hydrogen (secondary N) is 1. The molecule has 1 aromatic carbocycles. The van der Waals surface area contributed by atoms with Gasteiger partial charge in [0.25, 0.3) is 6.43 Å². The van der Waals surface area contributed by atoms with Crippen molar-refractivity contribution in [3.8, 4) is 0 Å². The molecule has 0 aliphatic heterocycles. The smallest absolute Gasteiger partial charge is 0.255 e. The van der Waals surface area contributed by atoms with E-state index < -0.39 is 13.0 Å². The average Bonchev–Trinajstić information content (AvgIpc) is 2.98. The third kappa shape index (κ3) is 2.18. The third-order valence-corrected chi connectivity index (χ3v) is 4.76. The van der Waals surface area contributed by atoms with Gasteiger partial charge in [-0.1, -0.05) is 22.0 Å². The molecule has 0 radical (unpaired) electrons. The van der Waals surface area contributed by atoms with E-state index in [2.05, 4.69) is 33.4 Å². The van der Waals surface area contributed by atoms with Crippen molar-refractivity contribution in [2.24, 2.45) is 5.92 Å². The Morgan fingerprint density at radius 3 is 3.05 bits per heavy atom. The van der Waals surface area contributed by atoms with Gasteiger partial charge in [0.1, 0.15) is 0 Å². The first-order valence-corrected chi connectivity index (χ1v) is 7.17. The summed E-state index contributed by atoms with van der Waals surface area (Å²) in [4.78, 5) is 11.9. The molecule has 0 aromatic heterocycles. The molecule has 1 aromatic rings. The highest BCUT2D eigenvalue weighted by Gasteiger charge is 2.61. The number of carbonyl (C=O) groups is 1. The van der Waals surface area contributed by atoms with Crippen LogP contribution in [0.1, 0.15) is 24.0 Å². The highest BCUT2D eigenvalue weighted by Crippen LogP contribution is 2.61. The number of alkyl halides is 2. The van der Waals surface area contributed by atoms with E-state index in [4.69, 9.17) is 0 Å². The molecule has 2 aliphatic carbocycles. The lowest BCUT2D eigenvalue weighted by Gasteiger charge is -2.12. The van der Waals surface area contributed by atoms with Crippen molar-refractivity contribution in [1.29, 1.82) is 0 Å². The van der Waals surface area contributed by atoms with Gasteiger partial charge in [-0.15, -0.1) is 0 Å². The molecule has 0 bridgehead atoms. The van der Waals surface area contributed by atoms with Crippen molar-refractivity contribution in [3.05, 3.63) is 33.8 Å². The lowest BCUT2D eigenvalue weighted by atomic mass is 9.95. The summed E-state index contributed by atoms with van der Waals surface area (Å²) in [6, 6.07) is 6.14. The first-order valence-electron chi connectivity index (χ1n) is 6.38. The number of hydrogen-bond acceptors (Lipinski definition) is 1. The predicted octanol–water partition coefficient (Wildman–Crippen LogP) is 3.03. The molecule has 5 heteroatoms.